The molecule has 5 heteroatoms. The maximum atomic E-state index is 13.1. The zero-order chi connectivity index (χ0) is 16.1. The molecule has 2 amide bonds. The van der Waals surface area contributed by atoms with Crippen molar-refractivity contribution in [2.75, 3.05) is 19.8 Å². The van der Waals surface area contributed by atoms with Gasteiger partial charge in [0.2, 0.25) is 0 Å². The molecule has 0 radical (unpaired) electrons. The molecule has 1 aromatic rings. The fraction of sp³-hybridized carbons (Fsp3) is 0.611. The third-order valence-electron chi connectivity index (χ3n) is 5.29. The lowest BCUT2D eigenvalue weighted by atomic mass is 9.75. The van der Waals surface area contributed by atoms with Gasteiger partial charge >= 0.3 is 6.03 Å². The number of amides is 2. The van der Waals surface area contributed by atoms with E-state index in [-0.39, 0.29) is 23.3 Å². The first-order valence-electron chi connectivity index (χ1n) is 8.55. The summed E-state index contributed by atoms with van der Waals surface area (Å²) in [5.74, 6) is -0.237. The minimum absolute atomic E-state index is 0.112. The summed E-state index contributed by atoms with van der Waals surface area (Å²) in [4.78, 5) is 12.2. The van der Waals surface area contributed by atoms with Gasteiger partial charge in [0.05, 0.1) is 0 Å². The van der Waals surface area contributed by atoms with Crippen LogP contribution in [0.25, 0.3) is 0 Å². The number of halogens is 1. The van der Waals surface area contributed by atoms with Gasteiger partial charge in [-0.15, -0.1) is 0 Å². The lowest BCUT2D eigenvalue weighted by molar-refractivity contribution is 0.00625. The SMILES string of the molecule is O=C(NCCc1cccc(F)c1)NC1CCCC12CCOCC2. The summed E-state index contributed by atoms with van der Waals surface area (Å²) >= 11 is 0. The molecule has 23 heavy (non-hydrogen) atoms. The summed E-state index contributed by atoms with van der Waals surface area (Å²) in [5, 5.41) is 6.05. The third kappa shape index (κ3) is 4.02. The molecule has 1 atom stereocenters. The van der Waals surface area contributed by atoms with Gasteiger partial charge in [-0.2, -0.15) is 0 Å². The Morgan fingerprint density at radius 2 is 2.13 bits per heavy atom. The van der Waals surface area contributed by atoms with Gasteiger partial charge in [-0.3, -0.25) is 0 Å². The number of ether oxygens (including phenoxy) is 1. The molecule has 1 aliphatic carbocycles. The van der Waals surface area contributed by atoms with Crippen LogP contribution in [0, 0.1) is 11.2 Å². The first-order valence-corrected chi connectivity index (χ1v) is 8.55. The molecule has 1 unspecified atom stereocenters. The first kappa shape index (κ1) is 16.2. The van der Waals surface area contributed by atoms with Crippen molar-refractivity contribution in [3.05, 3.63) is 35.6 Å². The normalized spacial score (nSPS) is 22.9. The van der Waals surface area contributed by atoms with Crippen LogP contribution in [0.15, 0.2) is 24.3 Å². The van der Waals surface area contributed by atoms with E-state index < -0.39 is 0 Å². The molecule has 1 heterocycles. The van der Waals surface area contributed by atoms with E-state index in [1.807, 2.05) is 6.07 Å². The van der Waals surface area contributed by atoms with Gasteiger partial charge in [-0.25, -0.2) is 9.18 Å². The van der Waals surface area contributed by atoms with Gasteiger partial charge in [0.1, 0.15) is 5.82 Å². The van der Waals surface area contributed by atoms with Crippen LogP contribution in [0.2, 0.25) is 0 Å². The van der Waals surface area contributed by atoms with Gasteiger partial charge in [0.25, 0.3) is 0 Å². The zero-order valence-electron chi connectivity index (χ0n) is 13.4. The van der Waals surface area contributed by atoms with Crippen LogP contribution >= 0.6 is 0 Å². The fourth-order valence-electron chi connectivity index (χ4n) is 3.96. The highest BCUT2D eigenvalue weighted by Crippen LogP contribution is 2.45. The van der Waals surface area contributed by atoms with Gasteiger partial charge in [0, 0.05) is 25.8 Å². The predicted octanol–water partition coefficient (Wildman–Crippen LogP) is 3.02. The van der Waals surface area contributed by atoms with Crippen molar-refractivity contribution in [3.8, 4) is 0 Å². The van der Waals surface area contributed by atoms with E-state index >= 15 is 0 Å². The molecule has 1 aliphatic heterocycles. The number of hydrogen-bond acceptors (Lipinski definition) is 2. The highest BCUT2D eigenvalue weighted by Gasteiger charge is 2.44. The molecule has 1 spiro atoms. The zero-order valence-corrected chi connectivity index (χ0v) is 13.4. The number of carbonyl (C=O) groups is 1. The second-order valence-corrected chi connectivity index (χ2v) is 6.70. The summed E-state index contributed by atoms with van der Waals surface area (Å²) in [6.07, 6.45) is 6.13. The van der Waals surface area contributed by atoms with Crippen LogP contribution < -0.4 is 10.6 Å². The number of nitrogens with one attached hydrogen (secondary N) is 2. The average Bonchev–Trinajstić information content (AvgIpc) is 2.90. The number of carbonyl (C=O) groups excluding carboxylic acids is 1. The second-order valence-electron chi connectivity index (χ2n) is 6.70. The van der Waals surface area contributed by atoms with Crippen molar-refractivity contribution in [3.63, 3.8) is 0 Å². The van der Waals surface area contributed by atoms with E-state index in [0.717, 1.165) is 38.0 Å². The average molecular weight is 320 g/mol. The summed E-state index contributed by atoms with van der Waals surface area (Å²) in [6, 6.07) is 6.64. The van der Waals surface area contributed by atoms with Crippen LogP contribution in [-0.2, 0) is 11.2 Å². The molecule has 0 aromatic heterocycles. The number of hydrogen-bond donors (Lipinski definition) is 2. The first-order chi connectivity index (χ1) is 11.2. The number of benzene rings is 1. The molecule has 1 saturated heterocycles. The Hall–Kier alpha value is -1.62. The van der Waals surface area contributed by atoms with Crippen LogP contribution in [0.1, 0.15) is 37.7 Å². The largest absolute Gasteiger partial charge is 0.381 e. The molecular formula is C18H25FN2O2. The maximum Gasteiger partial charge on any atom is 0.315 e. The van der Waals surface area contributed by atoms with Crippen LogP contribution in [0.4, 0.5) is 9.18 Å². The van der Waals surface area contributed by atoms with Gasteiger partial charge in [-0.05, 0) is 55.2 Å². The molecule has 2 aliphatic rings. The minimum Gasteiger partial charge on any atom is -0.381 e. The van der Waals surface area contributed by atoms with E-state index in [2.05, 4.69) is 10.6 Å². The van der Waals surface area contributed by atoms with Gasteiger partial charge in [0.15, 0.2) is 0 Å². The number of rotatable bonds is 4. The van der Waals surface area contributed by atoms with Crippen molar-refractivity contribution < 1.29 is 13.9 Å². The second kappa shape index (κ2) is 7.30. The summed E-state index contributed by atoms with van der Waals surface area (Å²) in [7, 11) is 0. The summed E-state index contributed by atoms with van der Waals surface area (Å²) in [5.41, 5.74) is 1.13. The van der Waals surface area contributed by atoms with Crippen LogP contribution in [-0.4, -0.2) is 31.8 Å². The molecular weight excluding hydrogens is 295 g/mol. The van der Waals surface area contributed by atoms with E-state index in [0.29, 0.717) is 13.0 Å². The van der Waals surface area contributed by atoms with Crippen LogP contribution in [0.3, 0.4) is 0 Å². The Balaban J connectivity index is 1.45. The van der Waals surface area contributed by atoms with E-state index in [1.54, 1.807) is 6.07 Å². The van der Waals surface area contributed by atoms with Crippen molar-refractivity contribution in [1.29, 1.82) is 0 Å². The van der Waals surface area contributed by atoms with Gasteiger partial charge < -0.3 is 15.4 Å². The third-order valence-corrected chi connectivity index (χ3v) is 5.29. The standard InChI is InChI=1S/C18H25FN2O2/c19-15-4-1-3-14(13-15)6-10-20-17(22)21-16-5-2-7-18(16)8-11-23-12-9-18/h1,3-4,13,16H,2,5-12H2,(H2,20,21,22). The number of urea groups is 1. The molecule has 2 N–H and O–H groups in total. The lowest BCUT2D eigenvalue weighted by Gasteiger charge is -2.39. The Morgan fingerprint density at radius 3 is 2.91 bits per heavy atom. The quantitative estimate of drug-likeness (QED) is 0.896. The molecule has 4 nitrogen and oxygen atoms in total. The summed E-state index contributed by atoms with van der Waals surface area (Å²) in [6.45, 7) is 2.12. The fourth-order valence-corrected chi connectivity index (χ4v) is 3.96. The Morgan fingerprint density at radius 1 is 1.30 bits per heavy atom. The smallest absolute Gasteiger partial charge is 0.315 e. The lowest BCUT2D eigenvalue weighted by Crippen LogP contribution is -2.50. The monoisotopic (exact) mass is 320 g/mol. The highest BCUT2D eigenvalue weighted by atomic mass is 19.1. The molecule has 1 saturated carbocycles. The highest BCUT2D eigenvalue weighted by molar-refractivity contribution is 5.74. The van der Waals surface area contributed by atoms with E-state index in [1.165, 1.54) is 25.0 Å². The summed E-state index contributed by atoms with van der Waals surface area (Å²) < 4.78 is 18.6. The molecule has 3 rings (SSSR count). The maximum absolute atomic E-state index is 13.1. The minimum atomic E-state index is -0.237. The van der Waals surface area contributed by atoms with E-state index in [9.17, 15) is 9.18 Å². The van der Waals surface area contributed by atoms with Crippen molar-refractivity contribution in [1.82, 2.24) is 10.6 Å². The van der Waals surface area contributed by atoms with Crippen molar-refractivity contribution in [2.45, 2.75) is 44.6 Å². The molecule has 1 aromatic carbocycles. The topological polar surface area (TPSA) is 50.4 Å². The molecule has 2 fully saturated rings. The van der Waals surface area contributed by atoms with Gasteiger partial charge in [-0.1, -0.05) is 18.6 Å². The van der Waals surface area contributed by atoms with Crippen LogP contribution in [0.5, 0.6) is 0 Å². The van der Waals surface area contributed by atoms with Crippen molar-refractivity contribution >= 4 is 6.03 Å². The van der Waals surface area contributed by atoms with Crippen molar-refractivity contribution in [2.24, 2.45) is 5.41 Å². The predicted molar refractivity (Wildman–Crippen MR) is 86.8 cm³/mol. The Kier molecular flexibility index (Phi) is 5.16. The molecule has 126 valence electrons. The Labute approximate surface area is 136 Å². The van der Waals surface area contributed by atoms with E-state index in [4.69, 9.17) is 4.74 Å². The Bertz CT molecular complexity index is 544. The molecule has 0 bridgehead atoms.